The smallest absolute Gasteiger partial charge is 0.338 e. The topological polar surface area (TPSA) is 82.5 Å². The molecule has 0 aliphatic carbocycles. The Morgan fingerprint density at radius 2 is 1.89 bits per heavy atom. The number of benzene rings is 1. The van der Waals surface area contributed by atoms with E-state index in [0.29, 0.717) is 16.9 Å². The van der Waals surface area contributed by atoms with Crippen LogP contribution in [0.4, 0.5) is 0 Å². The molecule has 92 valence electrons. The van der Waals surface area contributed by atoms with Crippen LogP contribution in [0, 0.1) is 0 Å². The fourth-order valence-corrected chi connectivity index (χ4v) is 1.60. The average Bonchev–Trinajstić information content (AvgIpc) is 2.87. The number of methoxy groups -OCH3 is 1. The first-order chi connectivity index (χ1) is 8.63. The third-order valence-electron chi connectivity index (χ3n) is 2.45. The maximum atomic E-state index is 11.6. The first-order valence-corrected chi connectivity index (χ1v) is 5.21. The minimum Gasteiger partial charge on any atom is -0.465 e. The molecule has 0 aliphatic heterocycles. The lowest BCUT2D eigenvalue weighted by atomic mass is 10.1. The number of hydrogen-bond donors (Lipinski definition) is 1. The molecule has 5 heteroatoms. The molecule has 18 heavy (non-hydrogen) atoms. The molecule has 2 rings (SSSR count). The van der Waals surface area contributed by atoms with Gasteiger partial charge >= 0.3 is 5.97 Å². The van der Waals surface area contributed by atoms with Crippen LogP contribution in [0.3, 0.4) is 0 Å². The standard InChI is InChI=1S/C13H11NO4/c1-17-13(16)9-5-3-2-4-8(9)10-6-7-11(18-10)12(14)15/h2-7H,1H3,(H2,14,15). The third-order valence-corrected chi connectivity index (χ3v) is 2.45. The van der Waals surface area contributed by atoms with Gasteiger partial charge in [-0.2, -0.15) is 0 Å². The Bertz CT molecular complexity index is 601. The number of amides is 1. The second kappa shape index (κ2) is 4.75. The van der Waals surface area contributed by atoms with Crippen molar-refractivity contribution < 1.29 is 18.7 Å². The summed E-state index contributed by atoms with van der Waals surface area (Å²) in [7, 11) is 1.30. The number of hydrogen-bond acceptors (Lipinski definition) is 4. The lowest BCUT2D eigenvalue weighted by Crippen LogP contribution is -2.09. The Morgan fingerprint density at radius 3 is 2.50 bits per heavy atom. The van der Waals surface area contributed by atoms with Crippen LogP contribution in [0.25, 0.3) is 11.3 Å². The average molecular weight is 245 g/mol. The summed E-state index contributed by atoms with van der Waals surface area (Å²) < 4.78 is 9.96. The van der Waals surface area contributed by atoms with Gasteiger partial charge in [-0.1, -0.05) is 18.2 Å². The van der Waals surface area contributed by atoms with Crippen LogP contribution in [0.1, 0.15) is 20.9 Å². The van der Waals surface area contributed by atoms with Gasteiger partial charge < -0.3 is 14.9 Å². The number of carbonyl (C=O) groups is 2. The van der Waals surface area contributed by atoms with Crippen molar-refractivity contribution in [2.45, 2.75) is 0 Å². The van der Waals surface area contributed by atoms with Crippen LogP contribution in [0.15, 0.2) is 40.8 Å². The third kappa shape index (κ3) is 2.10. The van der Waals surface area contributed by atoms with Crippen LogP contribution >= 0.6 is 0 Å². The number of primary amides is 1. The fraction of sp³-hybridized carbons (Fsp3) is 0.0769. The van der Waals surface area contributed by atoms with Crippen molar-refractivity contribution in [1.29, 1.82) is 0 Å². The van der Waals surface area contributed by atoms with Crippen molar-refractivity contribution in [3.05, 3.63) is 47.7 Å². The van der Waals surface area contributed by atoms with Gasteiger partial charge in [0.15, 0.2) is 5.76 Å². The van der Waals surface area contributed by atoms with Crippen molar-refractivity contribution >= 4 is 11.9 Å². The van der Waals surface area contributed by atoms with Crippen molar-refractivity contribution in [3.8, 4) is 11.3 Å². The van der Waals surface area contributed by atoms with Gasteiger partial charge in [-0.25, -0.2) is 4.79 Å². The Morgan fingerprint density at radius 1 is 1.17 bits per heavy atom. The van der Waals surface area contributed by atoms with Gasteiger partial charge in [-0.3, -0.25) is 4.79 Å². The van der Waals surface area contributed by atoms with E-state index in [1.165, 1.54) is 13.2 Å². The zero-order valence-corrected chi connectivity index (χ0v) is 9.67. The molecule has 2 N–H and O–H groups in total. The normalized spacial score (nSPS) is 10.1. The summed E-state index contributed by atoms with van der Waals surface area (Å²) >= 11 is 0. The Labute approximate surface area is 103 Å². The van der Waals surface area contributed by atoms with Crippen LogP contribution in [-0.2, 0) is 4.74 Å². The minimum absolute atomic E-state index is 0.0460. The minimum atomic E-state index is -0.656. The van der Waals surface area contributed by atoms with E-state index in [1.807, 2.05) is 0 Å². The zero-order valence-electron chi connectivity index (χ0n) is 9.67. The summed E-state index contributed by atoms with van der Waals surface area (Å²) in [6, 6.07) is 9.85. The summed E-state index contributed by atoms with van der Waals surface area (Å²) in [6.45, 7) is 0. The summed E-state index contributed by atoms with van der Waals surface area (Å²) in [4.78, 5) is 22.6. The highest BCUT2D eigenvalue weighted by Crippen LogP contribution is 2.26. The van der Waals surface area contributed by atoms with Crippen molar-refractivity contribution in [2.75, 3.05) is 7.11 Å². The predicted octanol–water partition coefficient (Wildman–Crippen LogP) is 1.83. The summed E-state index contributed by atoms with van der Waals surface area (Å²) in [5.41, 5.74) is 6.02. The lowest BCUT2D eigenvalue weighted by molar-refractivity contribution is 0.0601. The van der Waals surface area contributed by atoms with Crippen LogP contribution < -0.4 is 5.73 Å². The fourth-order valence-electron chi connectivity index (χ4n) is 1.60. The number of furan rings is 1. The number of ether oxygens (including phenoxy) is 1. The number of carbonyl (C=O) groups excluding carboxylic acids is 2. The Balaban J connectivity index is 2.49. The van der Waals surface area contributed by atoms with Gasteiger partial charge in [0, 0.05) is 5.56 Å². The summed E-state index contributed by atoms with van der Waals surface area (Å²) in [6.07, 6.45) is 0. The maximum absolute atomic E-state index is 11.6. The molecular weight excluding hydrogens is 234 g/mol. The molecule has 1 aromatic carbocycles. The molecule has 2 aromatic rings. The molecule has 0 bridgehead atoms. The van der Waals surface area contributed by atoms with E-state index in [1.54, 1.807) is 30.3 Å². The molecule has 0 spiro atoms. The molecule has 0 saturated heterocycles. The van der Waals surface area contributed by atoms with Gasteiger partial charge in [0.25, 0.3) is 5.91 Å². The van der Waals surface area contributed by atoms with Crippen LogP contribution in [-0.4, -0.2) is 19.0 Å². The Hall–Kier alpha value is -2.56. The van der Waals surface area contributed by atoms with E-state index in [9.17, 15) is 9.59 Å². The molecule has 0 saturated carbocycles. The van der Waals surface area contributed by atoms with Gasteiger partial charge in [-0.15, -0.1) is 0 Å². The SMILES string of the molecule is COC(=O)c1ccccc1-c1ccc(C(N)=O)o1. The van der Waals surface area contributed by atoms with E-state index < -0.39 is 11.9 Å². The molecule has 1 heterocycles. The number of rotatable bonds is 3. The Kier molecular flexibility index (Phi) is 3.14. The van der Waals surface area contributed by atoms with E-state index in [0.717, 1.165) is 0 Å². The van der Waals surface area contributed by atoms with E-state index in [-0.39, 0.29) is 5.76 Å². The molecule has 1 amide bonds. The second-order valence-electron chi connectivity index (χ2n) is 3.57. The van der Waals surface area contributed by atoms with Crippen molar-refractivity contribution in [2.24, 2.45) is 5.73 Å². The number of esters is 1. The van der Waals surface area contributed by atoms with Gasteiger partial charge in [0.2, 0.25) is 0 Å². The van der Waals surface area contributed by atoms with Crippen LogP contribution in [0.5, 0.6) is 0 Å². The summed E-state index contributed by atoms with van der Waals surface area (Å²) in [5.74, 6) is -0.686. The zero-order chi connectivity index (χ0) is 13.1. The highest BCUT2D eigenvalue weighted by Gasteiger charge is 2.16. The second-order valence-corrected chi connectivity index (χ2v) is 3.57. The van der Waals surface area contributed by atoms with Gasteiger partial charge in [0.1, 0.15) is 5.76 Å². The van der Waals surface area contributed by atoms with Gasteiger partial charge in [-0.05, 0) is 18.2 Å². The van der Waals surface area contributed by atoms with E-state index in [2.05, 4.69) is 4.74 Å². The molecule has 0 atom stereocenters. The first kappa shape index (κ1) is 11.9. The van der Waals surface area contributed by atoms with Crippen molar-refractivity contribution in [1.82, 2.24) is 0 Å². The molecule has 5 nitrogen and oxygen atoms in total. The molecule has 0 unspecified atom stereocenters. The lowest BCUT2D eigenvalue weighted by Gasteiger charge is -2.04. The monoisotopic (exact) mass is 245 g/mol. The van der Waals surface area contributed by atoms with Crippen molar-refractivity contribution in [3.63, 3.8) is 0 Å². The molecule has 0 aliphatic rings. The molecule has 0 radical (unpaired) electrons. The van der Waals surface area contributed by atoms with Crippen LogP contribution in [0.2, 0.25) is 0 Å². The molecular formula is C13H11NO4. The first-order valence-electron chi connectivity index (χ1n) is 5.21. The predicted molar refractivity (Wildman–Crippen MR) is 64.0 cm³/mol. The number of nitrogens with two attached hydrogens (primary N) is 1. The van der Waals surface area contributed by atoms with Gasteiger partial charge in [0.05, 0.1) is 12.7 Å². The van der Waals surface area contributed by atoms with E-state index >= 15 is 0 Å². The molecule has 1 aromatic heterocycles. The summed E-state index contributed by atoms with van der Waals surface area (Å²) in [5, 5.41) is 0. The quantitative estimate of drug-likeness (QED) is 0.836. The largest absolute Gasteiger partial charge is 0.465 e. The molecule has 0 fully saturated rings. The highest BCUT2D eigenvalue weighted by molar-refractivity contribution is 5.97. The van der Waals surface area contributed by atoms with E-state index in [4.69, 9.17) is 10.2 Å². The highest BCUT2D eigenvalue weighted by atomic mass is 16.5. The maximum Gasteiger partial charge on any atom is 0.338 e.